The molecule has 1 unspecified atom stereocenters. The predicted molar refractivity (Wildman–Crippen MR) is 131 cm³/mol. The number of nitrogens with zero attached hydrogens (tertiary/aromatic N) is 2. The summed E-state index contributed by atoms with van der Waals surface area (Å²) in [5, 5.41) is 7.84. The molecule has 1 atom stereocenters. The summed E-state index contributed by atoms with van der Waals surface area (Å²) in [6.45, 7) is 5.56. The van der Waals surface area contributed by atoms with Crippen molar-refractivity contribution in [3.8, 4) is 0 Å². The van der Waals surface area contributed by atoms with Crippen molar-refractivity contribution < 1.29 is 14.3 Å². The summed E-state index contributed by atoms with van der Waals surface area (Å²) in [7, 11) is 0. The zero-order chi connectivity index (χ0) is 24.2. The first-order chi connectivity index (χ1) is 16.3. The summed E-state index contributed by atoms with van der Waals surface area (Å²) < 4.78 is 6.99. The van der Waals surface area contributed by atoms with Crippen molar-refractivity contribution in [2.24, 2.45) is 0 Å². The van der Waals surface area contributed by atoms with Gasteiger partial charge in [0.1, 0.15) is 0 Å². The summed E-state index contributed by atoms with van der Waals surface area (Å²) in [6, 6.07) is 22.6. The van der Waals surface area contributed by atoms with E-state index in [4.69, 9.17) is 4.74 Å². The molecule has 3 aromatic carbocycles. The standard InChI is InChI=1S/C27H25N3O4/c1-17(2)30-26(32)22-12-8-7-11-21(22)23(29-30)27(33)34-24(19-9-5-4-6-10-19)25(31)28-20-15-13-18(3)14-16-20/h4-17,24H,1-3H3,(H,28,31). The third-order valence-electron chi connectivity index (χ3n) is 5.40. The first kappa shape index (κ1) is 22.9. The molecule has 4 aromatic rings. The molecular weight excluding hydrogens is 430 g/mol. The van der Waals surface area contributed by atoms with Crippen molar-refractivity contribution in [1.82, 2.24) is 9.78 Å². The molecule has 7 nitrogen and oxygen atoms in total. The van der Waals surface area contributed by atoms with Crippen LogP contribution in [0.5, 0.6) is 0 Å². The second kappa shape index (κ2) is 9.70. The van der Waals surface area contributed by atoms with Gasteiger partial charge in [-0.15, -0.1) is 0 Å². The number of benzene rings is 3. The summed E-state index contributed by atoms with van der Waals surface area (Å²) in [5.41, 5.74) is 1.85. The lowest BCUT2D eigenvalue weighted by Crippen LogP contribution is -2.30. The molecule has 7 heteroatoms. The van der Waals surface area contributed by atoms with Crippen LogP contribution in [0, 0.1) is 6.92 Å². The molecule has 1 N–H and O–H groups in total. The number of ether oxygens (including phenoxy) is 1. The van der Waals surface area contributed by atoms with Crippen LogP contribution in [-0.4, -0.2) is 21.7 Å². The van der Waals surface area contributed by atoms with Crippen molar-refractivity contribution in [2.75, 3.05) is 5.32 Å². The van der Waals surface area contributed by atoms with Gasteiger partial charge in [-0.25, -0.2) is 9.48 Å². The van der Waals surface area contributed by atoms with Gasteiger partial charge in [0.2, 0.25) is 6.10 Å². The number of esters is 1. The lowest BCUT2D eigenvalue weighted by molar-refractivity contribution is -0.125. The second-order valence-electron chi connectivity index (χ2n) is 8.29. The molecule has 0 saturated heterocycles. The van der Waals surface area contributed by atoms with Crippen LogP contribution in [-0.2, 0) is 9.53 Å². The van der Waals surface area contributed by atoms with Crippen LogP contribution in [0.25, 0.3) is 10.8 Å². The van der Waals surface area contributed by atoms with Crippen LogP contribution in [0.1, 0.15) is 47.6 Å². The van der Waals surface area contributed by atoms with Crippen LogP contribution in [0.3, 0.4) is 0 Å². The monoisotopic (exact) mass is 455 g/mol. The zero-order valence-corrected chi connectivity index (χ0v) is 19.2. The molecule has 1 aromatic heterocycles. The number of hydrogen-bond donors (Lipinski definition) is 1. The highest BCUT2D eigenvalue weighted by atomic mass is 16.5. The van der Waals surface area contributed by atoms with Gasteiger partial charge in [-0.1, -0.05) is 66.2 Å². The third-order valence-corrected chi connectivity index (χ3v) is 5.40. The molecule has 1 heterocycles. The van der Waals surface area contributed by atoms with Crippen LogP contribution < -0.4 is 10.9 Å². The highest BCUT2D eigenvalue weighted by Crippen LogP contribution is 2.24. The number of rotatable bonds is 6. The van der Waals surface area contributed by atoms with Crippen molar-refractivity contribution in [3.63, 3.8) is 0 Å². The maximum atomic E-state index is 13.3. The molecule has 1 amide bonds. The van der Waals surface area contributed by atoms with Crippen molar-refractivity contribution in [2.45, 2.75) is 32.9 Å². The minimum absolute atomic E-state index is 0.0204. The normalized spacial score (nSPS) is 11.9. The van der Waals surface area contributed by atoms with Crippen LogP contribution in [0.2, 0.25) is 0 Å². The van der Waals surface area contributed by atoms with Gasteiger partial charge in [0.25, 0.3) is 11.5 Å². The minimum Gasteiger partial charge on any atom is -0.442 e. The number of carbonyl (C=O) groups excluding carboxylic acids is 2. The Hall–Kier alpha value is -4.26. The van der Waals surface area contributed by atoms with Crippen LogP contribution >= 0.6 is 0 Å². The third kappa shape index (κ3) is 4.73. The van der Waals surface area contributed by atoms with E-state index in [1.165, 1.54) is 4.68 Å². The number of aryl methyl sites for hydroxylation is 1. The van der Waals surface area contributed by atoms with Gasteiger partial charge in [0.05, 0.1) is 11.4 Å². The molecule has 0 fully saturated rings. The number of nitrogens with one attached hydrogen (secondary N) is 1. The van der Waals surface area contributed by atoms with Crippen molar-refractivity contribution in [3.05, 3.63) is 106 Å². The molecule has 172 valence electrons. The van der Waals surface area contributed by atoms with Gasteiger partial charge in [-0.3, -0.25) is 9.59 Å². The fourth-order valence-corrected chi connectivity index (χ4v) is 3.62. The van der Waals surface area contributed by atoms with E-state index in [1.807, 2.05) is 25.1 Å². The predicted octanol–water partition coefficient (Wildman–Crippen LogP) is 4.82. The van der Waals surface area contributed by atoms with Crippen molar-refractivity contribution >= 4 is 28.3 Å². The molecule has 0 spiro atoms. The maximum absolute atomic E-state index is 13.3. The highest BCUT2D eigenvalue weighted by Gasteiger charge is 2.28. The SMILES string of the molecule is Cc1ccc(NC(=O)C(OC(=O)c2nn(C(C)C)c(=O)c3ccccc23)c2ccccc2)cc1. The van der Waals surface area contributed by atoms with E-state index in [1.54, 1.807) is 74.5 Å². The largest absolute Gasteiger partial charge is 0.442 e. The van der Waals surface area contributed by atoms with Crippen molar-refractivity contribution in [1.29, 1.82) is 0 Å². The lowest BCUT2D eigenvalue weighted by atomic mass is 10.1. The van der Waals surface area contributed by atoms with E-state index in [0.29, 0.717) is 22.0 Å². The van der Waals surface area contributed by atoms with E-state index in [9.17, 15) is 14.4 Å². The van der Waals surface area contributed by atoms with Crippen LogP contribution in [0.15, 0.2) is 83.7 Å². The van der Waals surface area contributed by atoms with Gasteiger partial charge in [0, 0.05) is 16.6 Å². The Morgan fingerprint density at radius 3 is 2.15 bits per heavy atom. The average molecular weight is 456 g/mol. The molecule has 0 aliphatic rings. The molecule has 0 radical (unpaired) electrons. The zero-order valence-electron chi connectivity index (χ0n) is 19.2. The smallest absolute Gasteiger partial charge is 0.360 e. The van der Waals surface area contributed by atoms with Gasteiger partial charge < -0.3 is 10.1 Å². The molecular formula is C27H25N3O4. The molecule has 34 heavy (non-hydrogen) atoms. The van der Waals surface area contributed by atoms with E-state index < -0.39 is 18.0 Å². The number of anilines is 1. The summed E-state index contributed by atoms with van der Waals surface area (Å²) >= 11 is 0. The molecule has 0 aliphatic heterocycles. The van der Waals surface area contributed by atoms with Gasteiger partial charge >= 0.3 is 5.97 Å². The Balaban J connectivity index is 1.72. The summed E-state index contributed by atoms with van der Waals surface area (Å²) in [4.78, 5) is 39.4. The number of fused-ring (bicyclic) bond motifs is 1. The fraction of sp³-hybridized carbons (Fsp3) is 0.185. The maximum Gasteiger partial charge on any atom is 0.360 e. The topological polar surface area (TPSA) is 90.3 Å². The Morgan fingerprint density at radius 1 is 0.882 bits per heavy atom. The Labute approximate surface area is 197 Å². The summed E-state index contributed by atoms with van der Waals surface area (Å²) in [6.07, 6.45) is -1.21. The second-order valence-corrected chi connectivity index (χ2v) is 8.29. The Morgan fingerprint density at radius 2 is 1.50 bits per heavy atom. The Kier molecular flexibility index (Phi) is 6.54. The lowest BCUT2D eigenvalue weighted by Gasteiger charge is -2.19. The van der Waals surface area contributed by atoms with Gasteiger partial charge in [-0.2, -0.15) is 5.10 Å². The fourth-order valence-electron chi connectivity index (χ4n) is 3.62. The first-order valence-electron chi connectivity index (χ1n) is 11.0. The molecule has 4 rings (SSSR count). The molecule has 0 aliphatic carbocycles. The average Bonchev–Trinajstić information content (AvgIpc) is 2.84. The van der Waals surface area contributed by atoms with E-state index in [0.717, 1.165) is 5.56 Å². The number of hydrogen-bond acceptors (Lipinski definition) is 5. The Bertz CT molecular complexity index is 1390. The van der Waals surface area contributed by atoms with Gasteiger partial charge in [-0.05, 0) is 39.0 Å². The van der Waals surface area contributed by atoms with E-state index >= 15 is 0 Å². The highest BCUT2D eigenvalue weighted by molar-refractivity contribution is 6.04. The number of amides is 1. The number of carbonyl (C=O) groups is 2. The quantitative estimate of drug-likeness (QED) is 0.421. The molecule has 0 bridgehead atoms. The molecule has 0 saturated carbocycles. The van der Waals surface area contributed by atoms with Crippen LogP contribution in [0.4, 0.5) is 5.69 Å². The number of aromatic nitrogens is 2. The van der Waals surface area contributed by atoms with E-state index in [-0.39, 0.29) is 17.3 Å². The van der Waals surface area contributed by atoms with Gasteiger partial charge in [0.15, 0.2) is 5.69 Å². The van der Waals surface area contributed by atoms with E-state index in [2.05, 4.69) is 10.4 Å². The first-order valence-corrected chi connectivity index (χ1v) is 11.0. The minimum atomic E-state index is -1.21. The summed E-state index contributed by atoms with van der Waals surface area (Å²) in [5.74, 6) is -1.29.